The normalized spacial score (nSPS) is 7.67. The topological polar surface area (TPSA) is 0 Å². The van der Waals surface area contributed by atoms with Crippen molar-refractivity contribution in [3.05, 3.63) is 61.7 Å². The molecular weight excluding hydrogens is 144 g/mol. The molecule has 1 aromatic carbocycles. The molecule has 0 nitrogen and oxygen atoms in total. The maximum atomic E-state index is 3.66. The summed E-state index contributed by atoms with van der Waals surface area (Å²) in [5.74, 6) is 0. The predicted molar refractivity (Wildman–Crippen MR) is 57.9 cm³/mol. The quantitative estimate of drug-likeness (QED) is 0.575. The van der Waals surface area contributed by atoms with Crippen LogP contribution in [-0.4, -0.2) is 0 Å². The molecule has 0 aromatic heterocycles. The molecule has 0 fully saturated rings. The largest absolute Gasteiger partial charge is 0.106 e. The van der Waals surface area contributed by atoms with Gasteiger partial charge in [0.25, 0.3) is 0 Å². The lowest BCUT2D eigenvalue weighted by Crippen LogP contribution is -1.71. The summed E-state index contributed by atoms with van der Waals surface area (Å²) in [6.45, 7) is 13.3. The van der Waals surface area contributed by atoms with Crippen LogP contribution in [0.2, 0.25) is 0 Å². The lowest BCUT2D eigenvalue weighted by molar-refractivity contribution is 1.63. The van der Waals surface area contributed by atoms with E-state index in [1.54, 1.807) is 0 Å². The highest BCUT2D eigenvalue weighted by molar-refractivity contribution is 5.53. The van der Waals surface area contributed by atoms with E-state index >= 15 is 0 Å². The Morgan fingerprint density at radius 3 is 1.17 bits per heavy atom. The van der Waals surface area contributed by atoms with Gasteiger partial charge in [-0.3, -0.25) is 0 Å². The number of benzene rings is 1. The SMILES string of the molecule is C=C.C=Cc1ccc(C=C)cc1. The highest BCUT2D eigenvalue weighted by atomic mass is 13.9. The van der Waals surface area contributed by atoms with Crippen molar-refractivity contribution in [2.45, 2.75) is 0 Å². The van der Waals surface area contributed by atoms with Crippen molar-refractivity contribution < 1.29 is 0 Å². The summed E-state index contributed by atoms with van der Waals surface area (Å²) < 4.78 is 0. The molecule has 0 aliphatic heterocycles. The van der Waals surface area contributed by atoms with Crippen molar-refractivity contribution in [2.24, 2.45) is 0 Å². The molecule has 0 N–H and O–H groups in total. The highest BCUT2D eigenvalue weighted by Gasteiger charge is 1.84. The Hall–Kier alpha value is -1.56. The van der Waals surface area contributed by atoms with E-state index in [1.165, 1.54) is 0 Å². The first kappa shape index (κ1) is 10.4. The second-order valence-electron chi connectivity index (χ2n) is 2.07. The Bertz CT molecular complexity index is 214. The zero-order valence-electron chi connectivity index (χ0n) is 7.29. The van der Waals surface area contributed by atoms with Gasteiger partial charge in [0, 0.05) is 0 Å². The van der Waals surface area contributed by atoms with E-state index in [4.69, 9.17) is 0 Å². The molecule has 0 saturated carbocycles. The standard InChI is InChI=1S/C10H10.C2H4/c1-3-9-5-7-10(4-2)8-6-9;1-2/h3-8H,1-2H2;1-2H2. The van der Waals surface area contributed by atoms with E-state index in [2.05, 4.69) is 26.3 Å². The molecular formula is C12H14. The van der Waals surface area contributed by atoms with E-state index in [9.17, 15) is 0 Å². The van der Waals surface area contributed by atoms with Gasteiger partial charge < -0.3 is 0 Å². The van der Waals surface area contributed by atoms with Gasteiger partial charge in [-0.1, -0.05) is 49.6 Å². The first-order valence-corrected chi connectivity index (χ1v) is 3.72. The first-order chi connectivity index (χ1) is 5.86. The van der Waals surface area contributed by atoms with E-state index in [0.29, 0.717) is 0 Å². The van der Waals surface area contributed by atoms with Crippen LogP contribution in [0.1, 0.15) is 11.1 Å². The third-order valence-electron chi connectivity index (χ3n) is 1.41. The summed E-state index contributed by atoms with van der Waals surface area (Å²) in [5, 5.41) is 0. The molecule has 0 atom stereocenters. The van der Waals surface area contributed by atoms with Crippen molar-refractivity contribution in [1.82, 2.24) is 0 Å². The van der Waals surface area contributed by atoms with Crippen molar-refractivity contribution in [2.75, 3.05) is 0 Å². The summed E-state index contributed by atoms with van der Waals surface area (Å²) >= 11 is 0. The fraction of sp³-hybridized carbons (Fsp3) is 0. The van der Waals surface area contributed by atoms with Gasteiger partial charge in [0.15, 0.2) is 0 Å². The van der Waals surface area contributed by atoms with Gasteiger partial charge >= 0.3 is 0 Å². The maximum Gasteiger partial charge on any atom is -0.0262 e. The highest BCUT2D eigenvalue weighted by Crippen LogP contribution is 2.05. The number of hydrogen-bond acceptors (Lipinski definition) is 0. The Labute approximate surface area is 74.6 Å². The molecule has 1 aromatic rings. The van der Waals surface area contributed by atoms with Crippen LogP contribution >= 0.6 is 0 Å². The van der Waals surface area contributed by atoms with Gasteiger partial charge in [-0.05, 0) is 11.1 Å². The lowest BCUT2D eigenvalue weighted by Gasteiger charge is -1.92. The second kappa shape index (κ2) is 6.17. The van der Waals surface area contributed by atoms with Gasteiger partial charge in [0.1, 0.15) is 0 Å². The van der Waals surface area contributed by atoms with Crippen molar-refractivity contribution >= 4 is 12.2 Å². The summed E-state index contributed by atoms with van der Waals surface area (Å²) in [6.07, 6.45) is 3.65. The molecule has 0 unspecified atom stereocenters. The smallest absolute Gasteiger partial charge is 0.0262 e. The van der Waals surface area contributed by atoms with Gasteiger partial charge in [-0.15, -0.1) is 13.2 Å². The van der Waals surface area contributed by atoms with E-state index < -0.39 is 0 Å². The molecule has 1 rings (SSSR count). The number of hydrogen-bond donors (Lipinski definition) is 0. The van der Waals surface area contributed by atoms with Crippen molar-refractivity contribution in [3.63, 3.8) is 0 Å². The van der Waals surface area contributed by atoms with Crippen LogP contribution in [0.4, 0.5) is 0 Å². The van der Waals surface area contributed by atoms with Gasteiger partial charge in [-0.25, -0.2) is 0 Å². The Morgan fingerprint density at radius 2 is 1.00 bits per heavy atom. The molecule has 0 spiro atoms. The predicted octanol–water partition coefficient (Wildman–Crippen LogP) is 3.77. The minimum atomic E-state index is 1.14. The van der Waals surface area contributed by atoms with Gasteiger partial charge in [0.2, 0.25) is 0 Å². The molecule has 0 radical (unpaired) electrons. The summed E-state index contributed by atoms with van der Waals surface area (Å²) in [4.78, 5) is 0. The zero-order chi connectivity index (χ0) is 9.40. The van der Waals surface area contributed by atoms with E-state index in [-0.39, 0.29) is 0 Å². The van der Waals surface area contributed by atoms with Crippen LogP contribution in [-0.2, 0) is 0 Å². The summed E-state index contributed by atoms with van der Waals surface area (Å²) in [6, 6.07) is 8.07. The molecule has 0 saturated heterocycles. The fourth-order valence-electron chi connectivity index (χ4n) is 0.768. The van der Waals surface area contributed by atoms with Crippen molar-refractivity contribution in [3.8, 4) is 0 Å². The third-order valence-corrected chi connectivity index (χ3v) is 1.41. The molecule has 0 aliphatic carbocycles. The first-order valence-electron chi connectivity index (χ1n) is 3.72. The average molecular weight is 158 g/mol. The van der Waals surface area contributed by atoms with E-state index in [1.807, 2.05) is 36.4 Å². The van der Waals surface area contributed by atoms with Gasteiger partial charge in [-0.2, -0.15) is 0 Å². The van der Waals surface area contributed by atoms with Gasteiger partial charge in [0.05, 0.1) is 0 Å². The third kappa shape index (κ3) is 3.02. The number of rotatable bonds is 2. The maximum absolute atomic E-state index is 3.66. The Morgan fingerprint density at radius 1 is 0.750 bits per heavy atom. The van der Waals surface area contributed by atoms with Crippen molar-refractivity contribution in [1.29, 1.82) is 0 Å². The van der Waals surface area contributed by atoms with E-state index in [0.717, 1.165) is 11.1 Å². The Balaban J connectivity index is 0.000000561. The average Bonchev–Trinajstić information content (AvgIpc) is 2.21. The minimum absolute atomic E-state index is 1.14. The molecule has 0 amide bonds. The van der Waals surface area contributed by atoms with Crippen LogP contribution < -0.4 is 0 Å². The molecule has 0 bridgehead atoms. The second-order valence-corrected chi connectivity index (χ2v) is 2.07. The molecule has 0 aliphatic rings. The van der Waals surface area contributed by atoms with Crippen LogP contribution in [0.3, 0.4) is 0 Å². The van der Waals surface area contributed by atoms with Crippen LogP contribution in [0.15, 0.2) is 50.6 Å². The van der Waals surface area contributed by atoms with Crippen LogP contribution in [0.25, 0.3) is 12.2 Å². The molecule has 0 heterocycles. The van der Waals surface area contributed by atoms with Crippen LogP contribution in [0, 0.1) is 0 Å². The zero-order valence-corrected chi connectivity index (χ0v) is 7.29. The lowest BCUT2D eigenvalue weighted by atomic mass is 10.1. The van der Waals surface area contributed by atoms with Crippen LogP contribution in [0.5, 0.6) is 0 Å². The minimum Gasteiger partial charge on any atom is -0.106 e. The Kier molecular flexibility index (Phi) is 5.37. The molecule has 62 valence electrons. The summed E-state index contributed by atoms with van der Waals surface area (Å²) in [5.41, 5.74) is 2.29. The summed E-state index contributed by atoms with van der Waals surface area (Å²) in [7, 11) is 0. The monoisotopic (exact) mass is 158 g/mol. The molecule has 12 heavy (non-hydrogen) atoms. The fourth-order valence-corrected chi connectivity index (χ4v) is 0.768. The molecule has 0 heteroatoms.